The zero-order chi connectivity index (χ0) is 11.4. The summed E-state index contributed by atoms with van der Waals surface area (Å²) in [7, 11) is 0. The van der Waals surface area contributed by atoms with E-state index < -0.39 is 12.0 Å². The lowest BCUT2D eigenvalue weighted by atomic mass is 10.2. The van der Waals surface area contributed by atoms with Gasteiger partial charge in [0.2, 0.25) is 0 Å². The highest BCUT2D eigenvalue weighted by Crippen LogP contribution is 2.05. The van der Waals surface area contributed by atoms with E-state index in [-0.39, 0.29) is 0 Å². The summed E-state index contributed by atoms with van der Waals surface area (Å²) in [5, 5.41) is 11.9. The van der Waals surface area contributed by atoms with Gasteiger partial charge in [-0.15, -0.1) is 0 Å². The lowest BCUT2D eigenvalue weighted by molar-refractivity contribution is -0.140. The van der Waals surface area contributed by atoms with E-state index >= 15 is 0 Å². The Morgan fingerprint density at radius 1 is 1.62 bits per heavy atom. The monoisotopic (exact) mass is 221 g/mol. The molecular formula is C11H15N3O2. The van der Waals surface area contributed by atoms with Crippen LogP contribution < -0.4 is 5.32 Å². The fourth-order valence-electron chi connectivity index (χ4n) is 1.84. The second-order valence-electron chi connectivity index (χ2n) is 3.90. The zero-order valence-electron chi connectivity index (χ0n) is 8.97. The zero-order valence-corrected chi connectivity index (χ0v) is 8.97. The molecular weight excluding hydrogens is 206 g/mol. The van der Waals surface area contributed by atoms with Crippen LogP contribution in [-0.4, -0.2) is 46.6 Å². The summed E-state index contributed by atoms with van der Waals surface area (Å²) in [5.41, 5.74) is 0.980. The maximum Gasteiger partial charge on any atom is 0.322 e. The molecule has 2 N–H and O–H groups in total. The fraction of sp³-hybridized carbons (Fsp3) is 0.455. The molecule has 1 fully saturated rings. The van der Waals surface area contributed by atoms with Crippen LogP contribution in [0.4, 0.5) is 0 Å². The van der Waals surface area contributed by atoms with Crippen LogP contribution in [0.15, 0.2) is 24.4 Å². The van der Waals surface area contributed by atoms with Crippen molar-refractivity contribution in [3.8, 4) is 0 Å². The molecule has 86 valence electrons. The molecule has 1 aliphatic heterocycles. The van der Waals surface area contributed by atoms with Crippen LogP contribution in [0.3, 0.4) is 0 Å². The number of hydrogen-bond donors (Lipinski definition) is 2. The van der Waals surface area contributed by atoms with Gasteiger partial charge in [-0.2, -0.15) is 0 Å². The third kappa shape index (κ3) is 2.77. The van der Waals surface area contributed by atoms with Gasteiger partial charge in [0, 0.05) is 32.4 Å². The third-order valence-electron chi connectivity index (χ3n) is 2.67. The van der Waals surface area contributed by atoms with Gasteiger partial charge in [0.1, 0.15) is 6.04 Å². The van der Waals surface area contributed by atoms with Crippen molar-refractivity contribution in [2.45, 2.75) is 12.6 Å². The molecule has 0 radical (unpaired) electrons. The van der Waals surface area contributed by atoms with Crippen molar-refractivity contribution < 1.29 is 9.90 Å². The first-order valence-corrected chi connectivity index (χ1v) is 5.34. The van der Waals surface area contributed by atoms with E-state index in [0.717, 1.165) is 12.2 Å². The standard InChI is InChI=1S/C11H15N3O2/c15-11(16)10-8-14(6-5-13-10)7-9-3-1-2-4-12-9/h1-4,10,13H,5-8H2,(H,15,16). The average molecular weight is 221 g/mol. The van der Waals surface area contributed by atoms with Crippen molar-refractivity contribution >= 4 is 5.97 Å². The van der Waals surface area contributed by atoms with Gasteiger partial charge in [-0.05, 0) is 12.1 Å². The van der Waals surface area contributed by atoms with E-state index in [0.29, 0.717) is 19.6 Å². The van der Waals surface area contributed by atoms with Gasteiger partial charge >= 0.3 is 5.97 Å². The maximum atomic E-state index is 10.8. The van der Waals surface area contributed by atoms with Crippen LogP contribution in [0, 0.1) is 0 Å². The van der Waals surface area contributed by atoms with Crippen LogP contribution in [0.5, 0.6) is 0 Å². The van der Waals surface area contributed by atoms with E-state index in [1.54, 1.807) is 6.20 Å². The van der Waals surface area contributed by atoms with Crippen LogP contribution in [0.25, 0.3) is 0 Å². The minimum absolute atomic E-state index is 0.461. The molecule has 0 aliphatic carbocycles. The molecule has 1 aromatic rings. The van der Waals surface area contributed by atoms with Crippen LogP contribution in [0.1, 0.15) is 5.69 Å². The number of nitrogens with zero attached hydrogens (tertiary/aromatic N) is 2. The number of pyridine rings is 1. The highest BCUT2D eigenvalue weighted by Gasteiger charge is 2.24. The van der Waals surface area contributed by atoms with Crippen LogP contribution >= 0.6 is 0 Å². The summed E-state index contributed by atoms with van der Waals surface area (Å²) in [6, 6.07) is 5.32. The third-order valence-corrected chi connectivity index (χ3v) is 2.67. The van der Waals surface area contributed by atoms with E-state index in [4.69, 9.17) is 5.11 Å². The van der Waals surface area contributed by atoms with Crippen molar-refractivity contribution in [3.05, 3.63) is 30.1 Å². The van der Waals surface area contributed by atoms with E-state index in [1.807, 2.05) is 18.2 Å². The predicted octanol–water partition coefficient (Wildman–Crippen LogP) is -0.0600. The predicted molar refractivity (Wildman–Crippen MR) is 58.9 cm³/mol. The van der Waals surface area contributed by atoms with Crippen molar-refractivity contribution in [2.75, 3.05) is 19.6 Å². The van der Waals surface area contributed by atoms with E-state index in [1.165, 1.54) is 0 Å². The molecule has 1 aliphatic rings. The summed E-state index contributed by atoms with van der Waals surface area (Å²) in [6.07, 6.45) is 1.76. The first kappa shape index (κ1) is 11.0. The smallest absolute Gasteiger partial charge is 0.322 e. The first-order chi connectivity index (χ1) is 7.75. The molecule has 2 rings (SSSR count). The number of hydrogen-bond acceptors (Lipinski definition) is 4. The van der Waals surface area contributed by atoms with Crippen molar-refractivity contribution in [1.29, 1.82) is 0 Å². The number of piperazine rings is 1. The number of rotatable bonds is 3. The molecule has 1 saturated heterocycles. The van der Waals surface area contributed by atoms with Gasteiger partial charge < -0.3 is 10.4 Å². The molecule has 5 nitrogen and oxygen atoms in total. The second kappa shape index (κ2) is 5.05. The molecule has 5 heteroatoms. The van der Waals surface area contributed by atoms with E-state index in [2.05, 4.69) is 15.2 Å². The Hall–Kier alpha value is -1.46. The topological polar surface area (TPSA) is 65.5 Å². The molecule has 0 saturated carbocycles. The quantitative estimate of drug-likeness (QED) is 0.748. The minimum atomic E-state index is -0.786. The number of carboxylic acid groups (broad SMARTS) is 1. The molecule has 0 aromatic carbocycles. The summed E-state index contributed by atoms with van der Waals surface area (Å²) < 4.78 is 0. The Kier molecular flexibility index (Phi) is 3.48. The van der Waals surface area contributed by atoms with Gasteiger partial charge in [-0.3, -0.25) is 14.7 Å². The van der Waals surface area contributed by atoms with Crippen LogP contribution in [0.2, 0.25) is 0 Å². The Morgan fingerprint density at radius 3 is 3.19 bits per heavy atom. The SMILES string of the molecule is O=C(O)C1CN(Cc2ccccn2)CCN1. The second-order valence-corrected chi connectivity index (χ2v) is 3.90. The molecule has 2 heterocycles. The first-order valence-electron chi connectivity index (χ1n) is 5.34. The molecule has 0 amide bonds. The van der Waals surface area contributed by atoms with Gasteiger partial charge in [0.15, 0.2) is 0 Å². The molecule has 0 bridgehead atoms. The van der Waals surface area contributed by atoms with Gasteiger partial charge in [0.25, 0.3) is 0 Å². The largest absolute Gasteiger partial charge is 0.480 e. The summed E-state index contributed by atoms with van der Waals surface area (Å²) in [5.74, 6) is -0.786. The lowest BCUT2D eigenvalue weighted by Gasteiger charge is -2.31. The van der Waals surface area contributed by atoms with Crippen molar-refractivity contribution in [2.24, 2.45) is 0 Å². The maximum absolute atomic E-state index is 10.8. The highest BCUT2D eigenvalue weighted by molar-refractivity contribution is 5.73. The number of aromatic nitrogens is 1. The van der Waals surface area contributed by atoms with Gasteiger partial charge in [-0.1, -0.05) is 6.07 Å². The number of aliphatic carboxylic acids is 1. The Balaban J connectivity index is 1.93. The highest BCUT2D eigenvalue weighted by atomic mass is 16.4. The van der Waals surface area contributed by atoms with E-state index in [9.17, 15) is 4.79 Å². The number of carbonyl (C=O) groups is 1. The van der Waals surface area contributed by atoms with Gasteiger partial charge in [0.05, 0.1) is 5.69 Å². The Morgan fingerprint density at radius 2 is 2.50 bits per heavy atom. The number of nitrogens with one attached hydrogen (secondary N) is 1. The van der Waals surface area contributed by atoms with Crippen molar-refractivity contribution in [1.82, 2.24) is 15.2 Å². The Bertz CT molecular complexity index is 356. The molecule has 0 spiro atoms. The average Bonchev–Trinajstić information content (AvgIpc) is 2.30. The van der Waals surface area contributed by atoms with Gasteiger partial charge in [-0.25, -0.2) is 0 Å². The molecule has 1 aromatic heterocycles. The number of carboxylic acids is 1. The molecule has 16 heavy (non-hydrogen) atoms. The summed E-state index contributed by atoms with van der Waals surface area (Å²) in [4.78, 5) is 17.2. The fourth-order valence-corrected chi connectivity index (χ4v) is 1.84. The molecule has 1 unspecified atom stereocenters. The minimum Gasteiger partial charge on any atom is -0.480 e. The lowest BCUT2D eigenvalue weighted by Crippen LogP contribution is -2.53. The Labute approximate surface area is 94.1 Å². The van der Waals surface area contributed by atoms with Crippen molar-refractivity contribution in [3.63, 3.8) is 0 Å². The molecule has 1 atom stereocenters. The normalized spacial score (nSPS) is 21.9. The summed E-state index contributed by atoms with van der Waals surface area (Å²) in [6.45, 7) is 2.82. The summed E-state index contributed by atoms with van der Waals surface area (Å²) >= 11 is 0. The van der Waals surface area contributed by atoms with Crippen LogP contribution in [-0.2, 0) is 11.3 Å².